The van der Waals surface area contributed by atoms with E-state index in [9.17, 15) is 34.1 Å². The number of ether oxygens (including phenoxy) is 1. The minimum absolute atomic E-state index is 0.0164. The van der Waals surface area contributed by atoms with Gasteiger partial charge in [0, 0.05) is 27.4 Å². The van der Waals surface area contributed by atoms with Crippen LogP contribution in [0.1, 0.15) is 43.9 Å². The number of nitro groups is 1. The maximum Gasteiger partial charge on any atom is 0.343 e. The second kappa shape index (κ2) is 13.0. The molecule has 3 aromatic carbocycles. The number of fused-ring (bicyclic) bond motifs is 1. The van der Waals surface area contributed by atoms with Crippen molar-refractivity contribution >= 4 is 78.6 Å². The number of imide groups is 1. The first-order chi connectivity index (χ1) is 21.0. The highest BCUT2D eigenvalue weighted by Gasteiger charge is 2.54. The molecular formula is C30H22Br2ClN3O8. The molecule has 1 aliphatic carbocycles. The summed E-state index contributed by atoms with van der Waals surface area (Å²) in [4.78, 5) is 76.9. The molecule has 5 rings (SSSR count). The van der Waals surface area contributed by atoms with Crippen LogP contribution in [0.4, 0.5) is 5.69 Å². The van der Waals surface area contributed by atoms with E-state index in [1.54, 1.807) is 12.1 Å². The third-order valence-electron chi connectivity index (χ3n) is 7.46. The van der Waals surface area contributed by atoms with Crippen molar-refractivity contribution in [3.8, 4) is 5.75 Å². The second-order valence-electron chi connectivity index (χ2n) is 10.2. The summed E-state index contributed by atoms with van der Waals surface area (Å²) in [5.74, 6) is -4.48. The molecule has 0 unspecified atom stereocenters. The van der Waals surface area contributed by atoms with E-state index in [0.29, 0.717) is 12.8 Å². The fourth-order valence-corrected chi connectivity index (χ4v) is 6.60. The third kappa shape index (κ3) is 6.30. The van der Waals surface area contributed by atoms with E-state index in [2.05, 4.69) is 31.9 Å². The lowest BCUT2D eigenvalue weighted by molar-refractivity contribution is -0.384. The zero-order valence-electron chi connectivity index (χ0n) is 22.6. The smallest absolute Gasteiger partial charge is 0.343 e. The summed E-state index contributed by atoms with van der Waals surface area (Å²) >= 11 is 13.4. The van der Waals surface area contributed by atoms with Gasteiger partial charge in [-0.2, -0.15) is 5.01 Å². The van der Waals surface area contributed by atoms with E-state index in [1.165, 1.54) is 60.7 Å². The Bertz CT molecular complexity index is 1640. The molecule has 1 aliphatic heterocycles. The number of nitrogens with zero attached hydrogens (tertiary/aromatic N) is 3. The SMILES string of the molecule is O=C(CN(C(=O)c1ccccc1Cl)N1C(=O)[C@H]2C[C@@H](Br)[C@@H](Br)C[C@H]2C1=O)c1ccc(OC(=O)c2ccc([N+](=O)[O-])cc2)cc1. The molecule has 0 spiro atoms. The second-order valence-corrected chi connectivity index (χ2v) is 12.9. The van der Waals surface area contributed by atoms with E-state index in [4.69, 9.17) is 16.3 Å². The highest BCUT2D eigenvalue weighted by atomic mass is 79.9. The summed E-state index contributed by atoms with van der Waals surface area (Å²) in [7, 11) is 0. The van der Waals surface area contributed by atoms with E-state index in [0.717, 1.165) is 10.0 Å². The summed E-state index contributed by atoms with van der Waals surface area (Å²) in [6, 6.07) is 16.5. The van der Waals surface area contributed by atoms with E-state index in [1.807, 2.05) is 0 Å². The molecule has 0 bridgehead atoms. The number of carbonyl (C=O) groups excluding carboxylic acids is 5. The van der Waals surface area contributed by atoms with Crippen molar-refractivity contribution in [2.45, 2.75) is 22.5 Å². The number of ketones is 1. The molecule has 0 N–H and O–H groups in total. The number of hydrogen-bond acceptors (Lipinski definition) is 8. The van der Waals surface area contributed by atoms with Crippen LogP contribution in [-0.4, -0.2) is 60.6 Å². The van der Waals surface area contributed by atoms with Crippen LogP contribution in [-0.2, 0) is 9.59 Å². The molecule has 3 aromatic rings. The number of benzene rings is 3. The van der Waals surface area contributed by atoms with Crippen LogP contribution in [0, 0.1) is 22.0 Å². The molecule has 1 heterocycles. The molecule has 1 saturated carbocycles. The van der Waals surface area contributed by atoms with Gasteiger partial charge >= 0.3 is 5.97 Å². The Kier molecular flexibility index (Phi) is 9.28. The van der Waals surface area contributed by atoms with Crippen LogP contribution in [0.3, 0.4) is 0 Å². The average molecular weight is 748 g/mol. The molecular weight excluding hydrogens is 726 g/mol. The average Bonchev–Trinajstić information content (AvgIpc) is 3.24. The quantitative estimate of drug-likeness (QED) is 0.0549. The van der Waals surface area contributed by atoms with Crippen molar-refractivity contribution in [2.24, 2.45) is 11.8 Å². The number of hydrazine groups is 1. The zero-order chi connectivity index (χ0) is 31.7. The lowest BCUT2D eigenvalue weighted by atomic mass is 9.81. The Hall–Kier alpha value is -3.94. The van der Waals surface area contributed by atoms with Gasteiger partial charge in [0.15, 0.2) is 5.78 Å². The first kappa shape index (κ1) is 31.5. The number of halogens is 3. The zero-order valence-corrected chi connectivity index (χ0v) is 26.5. The number of esters is 1. The lowest BCUT2D eigenvalue weighted by Crippen LogP contribution is -2.52. The van der Waals surface area contributed by atoms with Gasteiger partial charge in [-0.25, -0.2) is 9.80 Å². The highest BCUT2D eigenvalue weighted by molar-refractivity contribution is 9.12. The van der Waals surface area contributed by atoms with Gasteiger partial charge in [0.25, 0.3) is 23.4 Å². The summed E-state index contributed by atoms with van der Waals surface area (Å²) in [6.07, 6.45) is 0.758. The third-order valence-corrected chi connectivity index (χ3v) is 10.5. The monoisotopic (exact) mass is 745 g/mol. The molecule has 0 radical (unpaired) electrons. The summed E-state index contributed by atoms with van der Waals surface area (Å²) in [5, 5.41) is 12.6. The highest BCUT2D eigenvalue weighted by Crippen LogP contribution is 2.44. The number of hydrogen-bond donors (Lipinski definition) is 0. The van der Waals surface area contributed by atoms with Crippen molar-refractivity contribution in [1.82, 2.24) is 10.0 Å². The normalized spacial score (nSPS) is 21.0. The predicted molar refractivity (Wildman–Crippen MR) is 165 cm³/mol. The standard InChI is InChI=1S/C30H22Br2ClN3O8/c31-23-13-21-22(14-24(23)32)29(40)35(28(21)39)34(27(38)20-3-1-2-4-25(20)33)15-26(37)16-7-11-19(12-8-16)44-30(41)17-5-9-18(10-6-17)36(42)43/h1-12,21-24H,13-15H2/t21-,22+,23+,24-. The molecule has 14 heteroatoms. The van der Waals surface area contributed by atoms with Gasteiger partial charge in [-0.1, -0.05) is 55.6 Å². The van der Waals surface area contributed by atoms with Gasteiger partial charge in [-0.05, 0) is 61.4 Å². The molecule has 1 saturated heterocycles. The molecule has 44 heavy (non-hydrogen) atoms. The fraction of sp³-hybridized carbons (Fsp3) is 0.233. The number of alkyl halides is 2. The first-order valence-corrected chi connectivity index (χ1v) is 15.5. The van der Waals surface area contributed by atoms with E-state index >= 15 is 0 Å². The van der Waals surface area contributed by atoms with Gasteiger partial charge in [0.05, 0.1) is 32.9 Å². The Morgan fingerprint density at radius 1 is 0.886 bits per heavy atom. The summed E-state index contributed by atoms with van der Waals surface area (Å²) in [6.45, 7) is -0.640. The van der Waals surface area contributed by atoms with E-state index in [-0.39, 0.29) is 42.8 Å². The molecule has 11 nitrogen and oxygen atoms in total. The maximum absolute atomic E-state index is 13.7. The number of rotatable bonds is 8. The number of Topliss-reactive ketones (excluding diaryl/α,β-unsaturated/α-hetero) is 1. The molecule has 3 amide bonds. The van der Waals surface area contributed by atoms with Crippen molar-refractivity contribution in [3.05, 3.63) is 105 Å². The Labute approximate surface area is 272 Å². The van der Waals surface area contributed by atoms with Crippen molar-refractivity contribution in [2.75, 3.05) is 6.54 Å². The Balaban J connectivity index is 1.36. The van der Waals surface area contributed by atoms with Crippen LogP contribution < -0.4 is 4.74 Å². The molecule has 0 aromatic heterocycles. The van der Waals surface area contributed by atoms with E-state index < -0.39 is 52.8 Å². The molecule has 226 valence electrons. The minimum Gasteiger partial charge on any atom is -0.423 e. The van der Waals surface area contributed by atoms with Crippen molar-refractivity contribution in [1.29, 1.82) is 0 Å². The van der Waals surface area contributed by atoms with Crippen LogP contribution in [0.2, 0.25) is 5.02 Å². The lowest BCUT2D eigenvalue weighted by Gasteiger charge is -2.30. The van der Waals surface area contributed by atoms with Gasteiger partial charge in [-0.3, -0.25) is 29.3 Å². The summed E-state index contributed by atoms with van der Waals surface area (Å²) < 4.78 is 5.30. The molecule has 2 aliphatic rings. The van der Waals surface area contributed by atoms with Crippen molar-refractivity contribution < 1.29 is 33.6 Å². The van der Waals surface area contributed by atoms with Crippen LogP contribution >= 0.6 is 43.5 Å². The van der Waals surface area contributed by atoms with Crippen LogP contribution in [0.25, 0.3) is 0 Å². The minimum atomic E-state index is -0.788. The number of nitro benzene ring substituents is 1. The largest absolute Gasteiger partial charge is 0.423 e. The number of non-ortho nitro benzene ring substituents is 1. The van der Waals surface area contributed by atoms with Crippen molar-refractivity contribution in [3.63, 3.8) is 0 Å². The Morgan fingerprint density at radius 3 is 1.98 bits per heavy atom. The van der Waals surface area contributed by atoms with Gasteiger partial charge in [-0.15, -0.1) is 0 Å². The summed E-state index contributed by atoms with van der Waals surface area (Å²) in [5.41, 5.74) is 0.0435. The Morgan fingerprint density at radius 2 is 1.43 bits per heavy atom. The fourth-order valence-electron chi connectivity index (χ4n) is 5.14. The topological polar surface area (TPSA) is 144 Å². The number of carbonyl (C=O) groups is 5. The predicted octanol–water partition coefficient (Wildman–Crippen LogP) is 5.63. The maximum atomic E-state index is 13.7. The van der Waals surface area contributed by atoms with Gasteiger partial charge in [0.1, 0.15) is 12.3 Å². The van der Waals surface area contributed by atoms with Gasteiger partial charge in [0.2, 0.25) is 0 Å². The van der Waals surface area contributed by atoms with Crippen LogP contribution in [0.5, 0.6) is 5.75 Å². The van der Waals surface area contributed by atoms with Gasteiger partial charge < -0.3 is 4.74 Å². The van der Waals surface area contributed by atoms with Crippen LogP contribution in [0.15, 0.2) is 72.8 Å². The molecule has 2 fully saturated rings. The number of amides is 3. The molecule has 4 atom stereocenters. The first-order valence-electron chi connectivity index (χ1n) is 13.3.